The molecule has 1 N–H and O–H groups in total. The second kappa shape index (κ2) is 7.64. The number of anilines is 1. The van der Waals surface area contributed by atoms with E-state index in [9.17, 15) is 9.59 Å². The Morgan fingerprint density at radius 1 is 1.14 bits per heavy atom. The molecule has 2 amide bonds. The first-order valence-corrected chi connectivity index (χ1v) is 7.09. The third-order valence-electron chi connectivity index (χ3n) is 3.52. The van der Waals surface area contributed by atoms with E-state index in [1.54, 1.807) is 4.90 Å². The summed E-state index contributed by atoms with van der Waals surface area (Å²) in [5, 5.41) is 2.87. The molecule has 1 heterocycles. The maximum absolute atomic E-state index is 11.9. The lowest BCUT2D eigenvalue weighted by Gasteiger charge is -2.33. The fraction of sp³-hybridized carbons (Fsp3) is 0.467. The Labute approximate surface area is 124 Å². The van der Waals surface area contributed by atoms with Crippen LogP contribution in [-0.2, 0) is 9.53 Å². The van der Waals surface area contributed by atoms with Gasteiger partial charge in [-0.1, -0.05) is 18.2 Å². The Hall–Kier alpha value is -2.08. The lowest BCUT2D eigenvalue weighted by molar-refractivity contribution is -0.116. The molecule has 1 aliphatic rings. The van der Waals surface area contributed by atoms with E-state index in [2.05, 4.69) is 10.2 Å². The lowest BCUT2D eigenvalue weighted by Crippen LogP contribution is -2.49. The molecule has 114 valence electrons. The van der Waals surface area contributed by atoms with Crippen molar-refractivity contribution in [2.75, 3.05) is 45.2 Å². The highest BCUT2D eigenvalue weighted by Crippen LogP contribution is 2.07. The third-order valence-corrected chi connectivity index (χ3v) is 3.52. The zero-order valence-corrected chi connectivity index (χ0v) is 12.2. The summed E-state index contributed by atoms with van der Waals surface area (Å²) in [6.45, 7) is 3.54. The molecule has 1 aromatic carbocycles. The van der Waals surface area contributed by atoms with Gasteiger partial charge in [0.1, 0.15) is 0 Å². The fourth-order valence-electron chi connectivity index (χ4n) is 2.29. The first-order valence-electron chi connectivity index (χ1n) is 7.09. The summed E-state index contributed by atoms with van der Waals surface area (Å²) in [5.74, 6) is 0.0107. The van der Waals surface area contributed by atoms with Crippen molar-refractivity contribution in [3.8, 4) is 0 Å². The van der Waals surface area contributed by atoms with E-state index in [0.717, 1.165) is 18.8 Å². The van der Waals surface area contributed by atoms with E-state index in [1.165, 1.54) is 7.11 Å². The van der Waals surface area contributed by atoms with Crippen LogP contribution in [0.2, 0.25) is 0 Å². The number of ether oxygens (including phenoxy) is 1. The Bertz CT molecular complexity index is 470. The number of nitrogens with one attached hydrogen (secondary N) is 1. The van der Waals surface area contributed by atoms with Gasteiger partial charge in [-0.2, -0.15) is 0 Å². The number of nitrogens with zero attached hydrogens (tertiary/aromatic N) is 2. The van der Waals surface area contributed by atoms with E-state index in [1.807, 2.05) is 30.3 Å². The number of rotatable bonds is 4. The molecule has 0 radical (unpaired) electrons. The van der Waals surface area contributed by atoms with Crippen molar-refractivity contribution in [1.82, 2.24) is 9.80 Å². The van der Waals surface area contributed by atoms with Gasteiger partial charge in [-0.3, -0.25) is 9.69 Å². The molecule has 0 aliphatic carbocycles. The van der Waals surface area contributed by atoms with Gasteiger partial charge >= 0.3 is 6.09 Å². The predicted octanol–water partition coefficient (Wildman–Crippen LogP) is 1.40. The van der Waals surface area contributed by atoms with Crippen molar-refractivity contribution in [3.63, 3.8) is 0 Å². The average Bonchev–Trinajstić information content (AvgIpc) is 2.53. The molecule has 6 heteroatoms. The van der Waals surface area contributed by atoms with Crippen molar-refractivity contribution in [1.29, 1.82) is 0 Å². The number of carbonyl (C=O) groups excluding carboxylic acids is 2. The molecule has 0 atom stereocenters. The number of methoxy groups -OCH3 is 1. The topological polar surface area (TPSA) is 61.9 Å². The number of carbonyl (C=O) groups is 2. The van der Waals surface area contributed by atoms with Gasteiger partial charge in [0, 0.05) is 44.8 Å². The monoisotopic (exact) mass is 291 g/mol. The molecular formula is C15H21N3O3. The van der Waals surface area contributed by atoms with Gasteiger partial charge in [0.25, 0.3) is 0 Å². The standard InChI is InChI=1S/C15H21N3O3/c1-21-15(20)18-11-9-17(10-12-18)8-7-14(19)16-13-5-3-2-4-6-13/h2-6H,7-12H2,1H3,(H,16,19). The van der Waals surface area contributed by atoms with Gasteiger partial charge in [-0.25, -0.2) is 4.79 Å². The highest BCUT2D eigenvalue weighted by molar-refractivity contribution is 5.90. The van der Waals surface area contributed by atoms with Crippen LogP contribution in [0.4, 0.5) is 10.5 Å². The van der Waals surface area contributed by atoms with Crippen LogP contribution in [0, 0.1) is 0 Å². The van der Waals surface area contributed by atoms with Crippen molar-refractivity contribution in [2.45, 2.75) is 6.42 Å². The van der Waals surface area contributed by atoms with E-state index in [0.29, 0.717) is 26.1 Å². The normalized spacial score (nSPS) is 15.6. The number of amides is 2. The summed E-state index contributed by atoms with van der Waals surface area (Å²) in [5.41, 5.74) is 0.818. The van der Waals surface area contributed by atoms with Gasteiger partial charge in [-0.15, -0.1) is 0 Å². The smallest absolute Gasteiger partial charge is 0.409 e. The Balaban J connectivity index is 1.68. The van der Waals surface area contributed by atoms with Crippen LogP contribution in [-0.4, -0.2) is 61.6 Å². The number of piperazine rings is 1. The largest absolute Gasteiger partial charge is 0.453 e. The van der Waals surface area contributed by atoms with Gasteiger partial charge in [0.15, 0.2) is 0 Å². The molecule has 0 aromatic heterocycles. The second-order valence-corrected chi connectivity index (χ2v) is 4.96. The molecule has 21 heavy (non-hydrogen) atoms. The predicted molar refractivity (Wildman–Crippen MR) is 80.1 cm³/mol. The molecular weight excluding hydrogens is 270 g/mol. The average molecular weight is 291 g/mol. The molecule has 1 aromatic rings. The van der Waals surface area contributed by atoms with Crippen LogP contribution in [0.25, 0.3) is 0 Å². The highest BCUT2D eigenvalue weighted by Gasteiger charge is 2.21. The lowest BCUT2D eigenvalue weighted by atomic mass is 10.2. The van der Waals surface area contributed by atoms with E-state index in [4.69, 9.17) is 4.74 Å². The highest BCUT2D eigenvalue weighted by atomic mass is 16.5. The van der Waals surface area contributed by atoms with E-state index < -0.39 is 0 Å². The molecule has 0 saturated carbocycles. The van der Waals surface area contributed by atoms with E-state index >= 15 is 0 Å². The molecule has 0 spiro atoms. The Morgan fingerprint density at radius 3 is 2.43 bits per heavy atom. The van der Waals surface area contributed by atoms with Gasteiger partial charge in [0.05, 0.1) is 7.11 Å². The molecule has 1 fully saturated rings. The zero-order valence-electron chi connectivity index (χ0n) is 12.2. The van der Waals surface area contributed by atoms with Crippen LogP contribution < -0.4 is 5.32 Å². The quantitative estimate of drug-likeness (QED) is 0.911. The van der Waals surface area contributed by atoms with Crippen LogP contribution in [0.5, 0.6) is 0 Å². The van der Waals surface area contributed by atoms with Gasteiger partial charge in [0.2, 0.25) is 5.91 Å². The minimum absolute atomic E-state index is 0.0107. The molecule has 6 nitrogen and oxygen atoms in total. The van der Waals surface area contributed by atoms with Crippen LogP contribution in [0.3, 0.4) is 0 Å². The third kappa shape index (κ3) is 4.75. The SMILES string of the molecule is COC(=O)N1CCN(CCC(=O)Nc2ccccc2)CC1. The number of hydrogen-bond donors (Lipinski definition) is 1. The van der Waals surface area contributed by atoms with Crippen molar-refractivity contribution >= 4 is 17.7 Å². The number of hydrogen-bond acceptors (Lipinski definition) is 4. The van der Waals surface area contributed by atoms with Gasteiger partial charge in [-0.05, 0) is 12.1 Å². The molecule has 1 saturated heterocycles. The summed E-state index contributed by atoms with van der Waals surface area (Å²) in [7, 11) is 1.39. The molecule has 0 bridgehead atoms. The second-order valence-electron chi connectivity index (χ2n) is 4.96. The maximum Gasteiger partial charge on any atom is 0.409 e. The minimum Gasteiger partial charge on any atom is -0.453 e. The Kier molecular flexibility index (Phi) is 5.57. The van der Waals surface area contributed by atoms with Crippen molar-refractivity contribution in [3.05, 3.63) is 30.3 Å². The van der Waals surface area contributed by atoms with Crippen molar-refractivity contribution in [2.24, 2.45) is 0 Å². The molecule has 1 aliphatic heterocycles. The first-order chi connectivity index (χ1) is 10.2. The summed E-state index contributed by atoms with van der Waals surface area (Å²) < 4.78 is 4.69. The van der Waals surface area contributed by atoms with Crippen molar-refractivity contribution < 1.29 is 14.3 Å². The summed E-state index contributed by atoms with van der Waals surface area (Å²) in [6.07, 6.45) is 0.170. The maximum atomic E-state index is 11.9. The number of para-hydroxylation sites is 1. The Morgan fingerprint density at radius 2 is 1.81 bits per heavy atom. The summed E-state index contributed by atoms with van der Waals surface area (Å²) in [6, 6.07) is 9.43. The van der Waals surface area contributed by atoms with E-state index in [-0.39, 0.29) is 12.0 Å². The van der Waals surface area contributed by atoms with Crippen LogP contribution in [0.1, 0.15) is 6.42 Å². The van der Waals surface area contributed by atoms with Crippen LogP contribution >= 0.6 is 0 Å². The fourth-order valence-corrected chi connectivity index (χ4v) is 2.29. The first kappa shape index (κ1) is 15.3. The minimum atomic E-state index is -0.281. The van der Waals surface area contributed by atoms with Crippen LogP contribution in [0.15, 0.2) is 30.3 Å². The zero-order chi connectivity index (χ0) is 15.1. The van der Waals surface area contributed by atoms with Gasteiger partial charge < -0.3 is 15.0 Å². The molecule has 2 rings (SSSR count). The molecule has 0 unspecified atom stereocenters. The summed E-state index contributed by atoms with van der Waals surface area (Å²) >= 11 is 0. The summed E-state index contributed by atoms with van der Waals surface area (Å²) in [4.78, 5) is 27.1. The number of benzene rings is 1.